The number of nitrogens with two attached hydrogens (primary N) is 1. The first-order valence-corrected chi connectivity index (χ1v) is 4.95. The molecule has 2 N–H and O–H groups in total. The number of methoxy groups -OCH3 is 1. The molecule has 18 heavy (non-hydrogen) atoms. The summed E-state index contributed by atoms with van der Waals surface area (Å²) in [5.41, 5.74) is 7.01. The van der Waals surface area contributed by atoms with Gasteiger partial charge in [-0.15, -0.1) is 5.10 Å². The highest BCUT2D eigenvalue weighted by atomic mass is 16.5. The molecule has 0 aliphatic heterocycles. The Kier molecular flexibility index (Phi) is 2.93. The number of hydrogen-bond donors (Lipinski definition) is 1. The minimum absolute atomic E-state index is 0.0413. The number of nitrogen functional groups attached to an aromatic ring is 1. The number of ether oxygens (including phenoxy) is 1. The molecule has 0 saturated heterocycles. The highest BCUT2D eigenvalue weighted by Crippen LogP contribution is 2.15. The maximum Gasteiger partial charge on any atom is 0.377 e. The number of hydrogen-bond acceptors (Lipinski definition) is 6. The third-order valence-corrected chi connectivity index (χ3v) is 2.28. The quantitative estimate of drug-likeness (QED) is 0.608. The second kappa shape index (κ2) is 4.55. The van der Waals surface area contributed by atoms with Crippen LogP contribution in [0.15, 0.2) is 24.5 Å². The molecule has 0 bridgehead atoms. The van der Waals surface area contributed by atoms with Crippen LogP contribution in [-0.2, 0) is 4.74 Å². The molecule has 1 aromatic carbocycles. The van der Waals surface area contributed by atoms with Gasteiger partial charge in [-0.3, -0.25) is 0 Å². The number of carbonyl (C=O) groups excluding carboxylic acids is 1. The van der Waals surface area contributed by atoms with Crippen molar-refractivity contribution in [2.24, 2.45) is 0 Å². The average Bonchev–Trinajstić information content (AvgIpc) is 2.87. The van der Waals surface area contributed by atoms with Gasteiger partial charge in [0, 0.05) is 0 Å². The molecule has 0 spiro atoms. The highest BCUT2D eigenvalue weighted by Gasteiger charge is 2.12. The maximum absolute atomic E-state index is 11.2. The SMILES string of the molecule is COC(=O)c1ncn(-c2ccc(C#N)c(N)c2)n1. The second-order valence-corrected chi connectivity index (χ2v) is 3.39. The van der Waals surface area contributed by atoms with Gasteiger partial charge < -0.3 is 10.5 Å². The van der Waals surface area contributed by atoms with Gasteiger partial charge in [-0.25, -0.2) is 14.5 Å². The monoisotopic (exact) mass is 243 g/mol. The summed E-state index contributed by atoms with van der Waals surface area (Å²) in [5, 5.41) is 12.7. The number of rotatable bonds is 2. The molecule has 7 heteroatoms. The predicted molar refractivity (Wildman–Crippen MR) is 61.8 cm³/mol. The Labute approximate surface area is 102 Å². The van der Waals surface area contributed by atoms with Crippen LogP contribution in [-0.4, -0.2) is 27.8 Å². The summed E-state index contributed by atoms with van der Waals surface area (Å²) in [6.07, 6.45) is 1.37. The van der Waals surface area contributed by atoms with Crippen LogP contribution in [0.25, 0.3) is 5.69 Å². The smallest absolute Gasteiger partial charge is 0.377 e. The minimum Gasteiger partial charge on any atom is -0.463 e. The van der Waals surface area contributed by atoms with Crippen molar-refractivity contribution >= 4 is 11.7 Å². The van der Waals surface area contributed by atoms with E-state index in [1.54, 1.807) is 18.2 Å². The van der Waals surface area contributed by atoms with Gasteiger partial charge in [0.1, 0.15) is 12.4 Å². The van der Waals surface area contributed by atoms with Crippen LogP contribution < -0.4 is 5.73 Å². The van der Waals surface area contributed by atoms with Crippen LogP contribution in [0.4, 0.5) is 5.69 Å². The van der Waals surface area contributed by atoms with Crippen LogP contribution in [0.2, 0.25) is 0 Å². The molecule has 0 saturated carbocycles. The zero-order valence-electron chi connectivity index (χ0n) is 9.49. The van der Waals surface area contributed by atoms with Crippen molar-refractivity contribution in [2.45, 2.75) is 0 Å². The molecule has 0 fully saturated rings. The van der Waals surface area contributed by atoms with Crippen LogP contribution in [0, 0.1) is 11.3 Å². The summed E-state index contributed by atoms with van der Waals surface area (Å²) in [6, 6.07) is 6.77. The highest BCUT2D eigenvalue weighted by molar-refractivity contribution is 5.84. The molecule has 90 valence electrons. The molecule has 2 rings (SSSR count). The van der Waals surface area contributed by atoms with Crippen molar-refractivity contribution in [3.8, 4) is 11.8 Å². The summed E-state index contributed by atoms with van der Waals surface area (Å²) < 4.78 is 5.88. The lowest BCUT2D eigenvalue weighted by Gasteiger charge is -2.02. The van der Waals surface area contributed by atoms with E-state index >= 15 is 0 Å². The third kappa shape index (κ3) is 1.99. The lowest BCUT2D eigenvalue weighted by molar-refractivity contribution is 0.0587. The van der Waals surface area contributed by atoms with E-state index in [0.717, 1.165) is 0 Å². The number of anilines is 1. The Morgan fingerprint density at radius 2 is 2.33 bits per heavy atom. The van der Waals surface area contributed by atoms with E-state index in [2.05, 4.69) is 14.8 Å². The Bertz CT molecular complexity index is 641. The molecular formula is C11H9N5O2. The fourth-order valence-corrected chi connectivity index (χ4v) is 1.37. The van der Waals surface area contributed by atoms with Crippen molar-refractivity contribution in [1.82, 2.24) is 14.8 Å². The van der Waals surface area contributed by atoms with Crippen molar-refractivity contribution in [2.75, 3.05) is 12.8 Å². The standard InChI is InChI=1S/C11H9N5O2/c1-18-11(17)10-14-6-16(15-10)8-3-2-7(5-12)9(13)4-8/h2-4,6H,13H2,1H3. The van der Waals surface area contributed by atoms with E-state index < -0.39 is 5.97 Å². The molecule has 7 nitrogen and oxygen atoms in total. The third-order valence-electron chi connectivity index (χ3n) is 2.28. The van der Waals surface area contributed by atoms with Gasteiger partial charge in [0.05, 0.1) is 24.0 Å². The number of nitriles is 1. The van der Waals surface area contributed by atoms with Crippen LogP contribution in [0.3, 0.4) is 0 Å². The lowest BCUT2D eigenvalue weighted by atomic mass is 10.2. The number of carbonyl (C=O) groups is 1. The van der Waals surface area contributed by atoms with E-state index in [4.69, 9.17) is 11.0 Å². The van der Waals surface area contributed by atoms with Gasteiger partial charge >= 0.3 is 5.97 Å². The topological polar surface area (TPSA) is 107 Å². The summed E-state index contributed by atoms with van der Waals surface area (Å²) in [4.78, 5) is 15.0. The number of nitrogens with zero attached hydrogens (tertiary/aromatic N) is 4. The second-order valence-electron chi connectivity index (χ2n) is 3.39. The molecule has 0 aliphatic carbocycles. The molecular weight excluding hydrogens is 234 g/mol. The van der Waals surface area contributed by atoms with E-state index in [0.29, 0.717) is 16.9 Å². The van der Waals surface area contributed by atoms with Gasteiger partial charge in [-0.2, -0.15) is 5.26 Å². The van der Waals surface area contributed by atoms with Crippen molar-refractivity contribution in [3.05, 3.63) is 35.9 Å². The molecule has 2 aromatic rings. The summed E-state index contributed by atoms with van der Waals surface area (Å²) in [6.45, 7) is 0. The molecule has 1 aromatic heterocycles. The van der Waals surface area contributed by atoms with Gasteiger partial charge in [0.2, 0.25) is 0 Å². The first-order chi connectivity index (χ1) is 8.65. The van der Waals surface area contributed by atoms with Crippen molar-refractivity contribution < 1.29 is 9.53 Å². The first kappa shape index (κ1) is 11.6. The first-order valence-electron chi connectivity index (χ1n) is 4.95. The van der Waals surface area contributed by atoms with E-state index in [-0.39, 0.29) is 5.82 Å². The summed E-state index contributed by atoms with van der Waals surface area (Å²) in [7, 11) is 1.25. The largest absolute Gasteiger partial charge is 0.463 e. The lowest BCUT2D eigenvalue weighted by Crippen LogP contribution is -2.05. The number of benzene rings is 1. The summed E-state index contributed by atoms with van der Waals surface area (Å²) >= 11 is 0. The molecule has 0 atom stereocenters. The van der Waals surface area contributed by atoms with Crippen LogP contribution >= 0.6 is 0 Å². The zero-order valence-corrected chi connectivity index (χ0v) is 9.49. The average molecular weight is 243 g/mol. The van der Waals surface area contributed by atoms with E-state index in [1.165, 1.54) is 18.1 Å². The minimum atomic E-state index is -0.615. The molecule has 1 heterocycles. The predicted octanol–water partition coefficient (Wildman–Crippen LogP) is 0.508. The Hall–Kier alpha value is -2.88. The fourth-order valence-electron chi connectivity index (χ4n) is 1.37. The van der Waals surface area contributed by atoms with Crippen LogP contribution in [0.5, 0.6) is 0 Å². The zero-order chi connectivity index (χ0) is 13.1. The molecule has 0 amide bonds. The number of aromatic nitrogens is 3. The van der Waals surface area contributed by atoms with Gasteiger partial charge in [-0.05, 0) is 18.2 Å². The Balaban J connectivity index is 2.38. The Morgan fingerprint density at radius 1 is 1.56 bits per heavy atom. The van der Waals surface area contributed by atoms with E-state index in [9.17, 15) is 4.79 Å². The maximum atomic E-state index is 11.2. The van der Waals surface area contributed by atoms with Gasteiger partial charge in [0.25, 0.3) is 5.82 Å². The van der Waals surface area contributed by atoms with Crippen molar-refractivity contribution in [1.29, 1.82) is 5.26 Å². The van der Waals surface area contributed by atoms with E-state index in [1.807, 2.05) is 6.07 Å². The summed E-state index contributed by atoms with van der Waals surface area (Å²) in [5.74, 6) is -0.657. The molecule has 0 radical (unpaired) electrons. The molecule has 0 aliphatic rings. The number of esters is 1. The molecule has 0 unspecified atom stereocenters. The van der Waals surface area contributed by atoms with Crippen molar-refractivity contribution in [3.63, 3.8) is 0 Å². The normalized spacial score (nSPS) is 9.78. The fraction of sp³-hybridized carbons (Fsp3) is 0.0909. The Morgan fingerprint density at radius 3 is 2.94 bits per heavy atom. The van der Waals surface area contributed by atoms with Crippen LogP contribution in [0.1, 0.15) is 16.2 Å². The van der Waals surface area contributed by atoms with Gasteiger partial charge in [0.15, 0.2) is 0 Å². The van der Waals surface area contributed by atoms with Gasteiger partial charge in [-0.1, -0.05) is 0 Å².